The molecule has 1 atom stereocenters. The van der Waals surface area contributed by atoms with Crippen LogP contribution in [0.25, 0.3) is 0 Å². The van der Waals surface area contributed by atoms with Gasteiger partial charge in [0.2, 0.25) is 0 Å². The van der Waals surface area contributed by atoms with Crippen molar-refractivity contribution in [2.24, 2.45) is 0 Å². The SMILES string of the molecule is CC(NCCCN1CCN(C)CC1)c1ccc(F)cc1F. The van der Waals surface area contributed by atoms with Crippen LogP contribution in [0.3, 0.4) is 0 Å². The van der Waals surface area contributed by atoms with E-state index in [2.05, 4.69) is 22.2 Å². The summed E-state index contributed by atoms with van der Waals surface area (Å²) in [7, 11) is 2.15. The van der Waals surface area contributed by atoms with Gasteiger partial charge in [-0.3, -0.25) is 0 Å². The van der Waals surface area contributed by atoms with Crippen LogP contribution in [-0.4, -0.2) is 56.1 Å². The molecule has 0 aromatic heterocycles. The van der Waals surface area contributed by atoms with Crippen molar-refractivity contribution in [3.63, 3.8) is 0 Å². The first-order valence-corrected chi connectivity index (χ1v) is 7.65. The molecule has 1 fully saturated rings. The summed E-state index contributed by atoms with van der Waals surface area (Å²) < 4.78 is 26.5. The molecule has 1 aromatic rings. The van der Waals surface area contributed by atoms with Gasteiger partial charge in [0.1, 0.15) is 11.6 Å². The minimum atomic E-state index is -0.529. The standard InChI is InChI=1S/C16H25F2N3/c1-13(15-5-4-14(17)12-16(15)18)19-6-3-7-21-10-8-20(2)9-11-21/h4-5,12-13,19H,3,6-11H2,1-2H3. The smallest absolute Gasteiger partial charge is 0.130 e. The Kier molecular flexibility index (Phi) is 6.08. The summed E-state index contributed by atoms with van der Waals surface area (Å²) in [6, 6.07) is 3.67. The molecule has 0 radical (unpaired) electrons. The lowest BCUT2D eigenvalue weighted by Gasteiger charge is -2.32. The van der Waals surface area contributed by atoms with Crippen LogP contribution in [0.2, 0.25) is 0 Å². The number of benzene rings is 1. The van der Waals surface area contributed by atoms with E-state index in [1.807, 2.05) is 6.92 Å². The molecule has 0 spiro atoms. The Morgan fingerprint density at radius 1 is 1.19 bits per heavy atom. The van der Waals surface area contributed by atoms with Crippen LogP contribution in [0.15, 0.2) is 18.2 Å². The zero-order valence-corrected chi connectivity index (χ0v) is 12.9. The van der Waals surface area contributed by atoms with Crippen molar-refractivity contribution in [2.75, 3.05) is 46.3 Å². The Balaban J connectivity index is 1.68. The fourth-order valence-corrected chi connectivity index (χ4v) is 2.66. The molecule has 0 bridgehead atoms. The molecular weight excluding hydrogens is 272 g/mol. The fraction of sp³-hybridized carbons (Fsp3) is 0.625. The van der Waals surface area contributed by atoms with Gasteiger partial charge in [-0.2, -0.15) is 0 Å². The van der Waals surface area contributed by atoms with E-state index in [4.69, 9.17) is 0 Å². The summed E-state index contributed by atoms with van der Waals surface area (Å²) in [4.78, 5) is 4.80. The van der Waals surface area contributed by atoms with Gasteiger partial charge in [-0.05, 0) is 39.5 Å². The molecule has 5 heteroatoms. The number of hydrogen-bond acceptors (Lipinski definition) is 3. The molecular formula is C16H25F2N3. The second-order valence-electron chi connectivity index (χ2n) is 5.84. The highest BCUT2D eigenvalue weighted by Gasteiger charge is 2.14. The number of hydrogen-bond donors (Lipinski definition) is 1. The molecule has 118 valence electrons. The second-order valence-corrected chi connectivity index (χ2v) is 5.84. The predicted molar refractivity (Wildman–Crippen MR) is 81.3 cm³/mol. The van der Waals surface area contributed by atoms with Crippen LogP contribution in [0.1, 0.15) is 24.9 Å². The molecule has 21 heavy (non-hydrogen) atoms. The Morgan fingerprint density at radius 2 is 1.90 bits per heavy atom. The molecule has 1 aromatic carbocycles. The summed E-state index contributed by atoms with van der Waals surface area (Å²) >= 11 is 0. The number of halogens is 2. The van der Waals surface area contributed by atoms with Crippen molar-refractivity contribution in [3.05, 3.63) is 35.4 Å². The lowest BCUT2D eigenvalue weighted by molar-refractivity contribution is 0.152. The number of nitrogens with zero attached hydrogens (tertiary/aromatic N) is 2. The molecule has 1 heterocycles. The van der Waals surface area contributed by atoms with Crippen molar-refractivity contribution in [2.45, 2.75) is 19.4 Å². The maximum absolute atomic E-state index is 13.6. The van der Waals surface area contributed by atoms with Crippen LogP contribution >= 0.6 is 0 Å². The van der Waals surface area contributed by atoms with Gasteiger partial charge in [-0.15, -0.1) is 0 Å². The van der Waals surface area contributed by atoms with Crippen molar-refractivity contribution in [3.8, 4) is 0 Å². The van der Waals surface area contributed by atoms with E-state index in [-0.39, 0.29) is 6.04 Å². The molecule has 1 unspecified atom stereocenters. The van der Waals surface area contributed by atoms with Gasteiger partial charge in [0.25, 0.3) is 0 Å². The number of nitrogens with one attached hydrogen (secondary N) is 1. The minimum Gasteiger partial charge on any atom is -0.310 e. The van der Waals surface area contributed by atoms with E-state index in [0.29, 0.717) is 5.56 Å². The largest absolute Gasteiger partial charge is 0.310 e. The van der Waals surface area contributed by atoms with Gasteiger partial charge in [0.05, 0.1) is 0 Å². The van der Waals surface area contributed by atoms with Crippen molar-refractivity contribution in [1.82, 2.24) is 15.1 Å². The monoisotopic (exact) mass is 297 g/mol. The van der Waals surface area contributed by atoms with E-state index >= 15 is 0 Å². The normalized spacial score (nSPS) is 18.9. The van der Waals surface area contributed by atoms with Crippen molar-refractivity contribution < 1.29 is 8.78 Å². The maximum Gasteiger partial charge on any atom is 0.130 e. The quantitative estimate of drug-likeness (QED) is 0.813. The molecule has 0 saturated carbocycles. The summed E-state index contributed by atoms with van der Waals surface area (Å²) in [5.74, 6) is -1.01. The van der Waals surface area contributed by atoms with Crippen LogP contribution < -0.4 is 5.32 Å². The van der Waals surface area contributed by atoms with Gasteiger partial charge in [0, 0.05) is 43.9 Å². The summed E-state index contributed by atoms with van der Waals surface area (Å²) in [6.07, 6.45) is 1.04. The predicted octanol–water partition coefficient (Wildman–Crippen LogP) is 2.25. The third-order valence-electron chi connectivity index (χ3n) is 4.13. The zero-order chi connectivity index (χ0) is 15.2. The lowest BCUT2D eigenvalue weighted by Crippen LogP contribution is -2.45. The third kappa shape index (κ3) is 5.02. The van der Waals surface area contributed by atoms with Crippen LogP contribution in [-0.2, 0) is 0 Å². The first kappa shape index (κ1) is 16.3. The highest BCUT2D eigenvalue weighted by atomic mass is 19.1. The van der Waals surface area contributed by atoms with Gasteiger partial charge in [-0.25, -0.2) is 8.78 Å². The van der Waals surface area contributed by atoms with Gasteiger partial charge in [-0.1, -0.05) is 6.07 Å². The van der Waals surface area contributed by atoms with Crippen molar-refractivity contribution >= 4 is 0 Å². The third-order valence-corrected chi connectivity index (χ3v) is 4.13. The number of piperazine rings is 1. The Morgan fingerprint density at radius 3 is 2.57 bits per heavy atom. The van der Waals surface area contributed by atoms with Gasteiger partial charge >= 0.3 is 0 Å². The lowest BCUT2D eigenvalue weighted by atomic mass is 10.1. The molecule has 2 rings (SSSR count). The zero-order valence-electron chi connectivity index (χ0n) is 12.9. The van der Waals surface area contributed by atoms with E-state index in [0.717, 1.165) is 51.8 Å². The Labute approximate surface area is 125 Å². The van der Waals surface area contributed by atoms with Crippen LogP contribution in [0, 0.1) is 11.6 Å². The van der Waals surface area contributed by atoms with E-state index < -0.39 is 11.6 Å². The molecule has 1 aliphatic heterocycles. The molecule has 1 saturated heterocycles. The summed E-state index contributed by atoms with van der Waals surface area (Å²) in [5, 5.41) is 3.31. The number of rotatable bonds is 6. The van der Waals surface area contributed by atoms with E-state index in [9.17, 15) is 8.78 Å². The van der Waals surface area contributed by atoms with Gasteiger partial charge in [0.15, 0.2) is 0 Å². The summed E-state index contributed by atoms with van der Waals surface area (Å²) in [5.41, 5.74) is 0.524. The van der Waals surface area contributed by atoms with E-state index in [1.165, 1.54) is 12.1 Å². The molecule has 1 N–H and O–H groups in total. The van der Waals surface area contributed by atoms with Crippen LogP contribution in [0.5, 0.6) is 0 Å². The average Bonchev–Trinajstić information content (AvgIpc) is 2.45. The Hall–Kier alpha value is -1.04. The fourth-order valence-electron chi connectivity index (χ4n) is 2.66. The molecule has 3 nitrogen and oxygen atoms in total. The van der Waals surface area contributed by atoms with Gasteiger partial charge < -0.3 is 15.1 Å². The highest BCUT2D eigenvalue weighted by Crippen LogP contribution is 2.17. The second kappa shape index (κ2) is 7.82. The first-order chi connectivity index (χ1) is 10.1. The van der Waals surface area contributed by atoms with Crippen LogP contribution in [0.4, 0.5) is 8.78 Å². The molecule has 0 amide bonds. The molecule has 1 aliphatic rings. The van der Waals surface area contributed by atoms with E-state index in [1.54, 1.807) is 0 Å². The van der Waals surface area contributed by atoms with Crippen molar-refractivity contribution in [1.29, 1.82) is 0 Å². The Bertz CT molecular complexity index is 445. The maximum atomic E-state index is 13.6. The first-order valence-electron chi connectivity index (χ1n) is 7.65. The minimum absolute atomic E-state index is 0.0990. The molecule has 0 aliphatic carbocycles. The average molecular weight is 297 g/mol. The summed E-state index contributed by atoms with van der Waals surface area (Å²) in [6.45, 7) is 8.32. The topological polar surface area (TPSA) is 18.5 Å². The number of likely N-dealkylation sites (N-methyl/N-ethyl adjacent to an activating group) is 1. The highest BCUT2D eigenvalue weighted by molar-refractivity contribution is 5.21.